The smallest absolute Gasteiger partial charge is 0.220 e. The van der Waals surface area contributed by atoms with Crippen LogP contribution in [0.1, 0.15) is 50.2 Å². The molecule has 3 rings (SSSR count). The van der Waals surface area contributed by atoms with Crippen LogP contribution in [0.3, 0.4) is 0 Å². The summed E-state index contributed by atoms with van der Waals surface area (Å²) in [4.78, 5) is 14.8. The second-order valence-corrected chi connectivity index (χ2v) is 7.87. The van der Waals surface area contributed by atoms with Crippen LogP contribution >= 0.6 is 0 Å². The van der Waals surface area contributed by atoms with E-state index in [0.29, 0.717) is 24.8 Å². The average Bonchev–Trinajstić information content (AvgIpc) is 3.14. The molecule has 1 aromatic carbocycles. The van der Waals surface area contributed by atoms with Gasteiger partial charge in [-0.3, -0.25) is 9.69 Å². The monoisotopic (exact) mass is 343 g/mol. The summed E-state index contributed by atoms with van der Waals surface area (Å²) < 4.78 is 0. The maximum absolute atomic E-state index is 12.3. The first-order valence-electron chi connectivity index (χ1n) is 9.98. The number of rotatable bonds is 7. The second-order valence-electron chi connectivity index (χ2n) is 7.87. The number of hydrogen-bond acceptors (Lipinski definition) is 3. The molecule has 0 aromatic heterocycles. The highest BCUT2D eigenvalue weighted by atomic mass is 16.1. The van der Waals surface area contributed by atoms with Gasteiger partial charge in [-0.1, -0.05) is 31.2 Å². The molecule has 2 fully saturated rings. The molecule has 2 N–H and O–H groups in total. The van der Waals surface area contributed by atoms with E-state index >= 15 is 0 Å². The first-order valence-corrected chi connectivity index (χ1v) is 9.98. The summed E-state index contributed by atoms with van der Waals surface area (Å²) >= 11 is 0. The van der Waals surface area contributed by atoms with Crippen molar-refractivity contribution in [2.24, 2.45) is 11.8 Å². The van der Waals surface area contributed by atoms with Crippen molar-refractivity contribution in [1.29, 1.82) is 0 Å². The minimum atomic E-state index is 0.183. The summed E-state index contributed by atoms with van der Waals surface area (Å²) in [6.07, 6.45) is 5.77. The molecule has 0 saturated carbocycles. The van der Waals surface area contributed by atoms with E-state index in [9.17, 15) is 4.79 Å². The maximum atomic E-state index is 12.3. The molecule has 2 atom stereocenters. The quantitative estimate of drug-likeness (QED) is 0.800. The maximum Gasteiger partial charge on any atom is 0.220 e. The third-order valence-corrected chi connectivity index (χ3v) is 5.73. The van der Waals surface area contributed by atoms with Gasteiger partial charge in [0.1, 0.15) is 0 Å². The molecule has 1 aromatic rings. The minimum absolute atomic E-state index is 0.183. The molecule has 4 heteroatoms. The van der Waals surface area contributed by atoms with Gasteiger partial charge in [0, 0.05) is 19.5 Å². The van der Waals surface area contributed by atoms with E-state index in [4.69, 9.17) is 0 Å². The second kappa shape index (κ2) is 9.35. The van der Waals surface area contributed by atoms with E-state index in [1.165, 1.54) is 49.9 Å². The van der Waals surface area contributed by atoms with Gasteiger partial charge in [-0.25, -0.2) is 0 Å². The highest BCUT2D eigenvalue weighted by molar-refractivity contribution is 5.76. The van der Waals surface area contributed by atoms with Crippen molar-refractivity contribution in [3.05, 3.63) is 35.4 Å². The van der Waals surface area contributed by atoms with Gasteiger partial charge in [-0.05, 0) is 74.8 Å². The van der Waals surface area contributed by atoms with E-state index in [1.54, 1.807) is 0 Å². The SMILES string of the molecule is CC(CC(=O)NCc1cccc(CN2CCCC2)c1)C1CCCNC1. The van der Waals surface area contributed by atoms with Crippen molar-refractivity contribution in [1.82, 2.24) is 15.5 Å². The molecule has 2 heterocycles. The molecule has 0 aliphatic carbocycles. The van der Waals surface area contributed by atoms with Gasteiger partial charge >= 0.3 is 0 Å². The Hall–Kier alpha value is -1.39. The molecular formula is C21H33N3O. The number of likely N-dealkylation sites (tertiary alicyclic amines) is 1. The van der Waals surface area contributed by atoms with Gasteiger partial charge in [-0.15, -0.1) is 0 Å². The number of piperidine rings is 1. The lowest BCUT2D eigenvalue weighted by Gasteiger charge is -2.28. The first-order chi connectivity index (χ1) is 12.2. The van der Waals surface area contributed by atoms with E-state index in [0.717, 1.165) is 19.6 Å². The summed E-state index contributed by atoms with van der Waals surface area (Å²) in [5.41, 5.74) is 2.56. The average molecular weight is 344 g/mol. The lowest BCUT2D eigenvalue weighted by atomic mass is 9.85. The van der Waals surface area contributed by atoms with E-state index in [2.05, 4.69) is 46.7 Å². The highest BCUT2D eigenvalue weighted by Crippen LogP contribution is 2.22. The van der Waals surface area contributed by atoms with Gasteiger partial charge in [0.2, 0.25) is 5.91 Å². The molecular weight excluding hydrogens is 310 g/mol. The predicted molar refractivity (Wildman–Crippen MR) is 102 cm³/mol. The highest BCUT2D eigenvalue weighted by Gasteiger charge is 2.21. The van der Waals surface area contributed by atoms with Crippen molar-refractivity contribution < 1.29 is 4.79 Å². The van der Waals surface area contributed by atoms with Crippen LogP contribution in [0.2, 0.25) is 0 Å². The fourth-order valence-electron chi connectivity index (χ4n) is 4.13. The Bertz CT molecular complexity index is 548. The van der Waals surface area contributed by atoms with Crippen molar-refractivity contribution >= 4 is 5.91 Å². The van der Waals surface area contributed by atoms with Crippen LogP contribution in [0, 0.1) is 11.8 Å². The Morgan fingerprint density at radius 3 is 2.84 bits per heavy atom. The molecule has 0 bridgehead atoms. The lowest BCUT2D eigenvalue weighted by molar-refractivity contribution is -0.122. The molecule has 0 radical (unpaired) electrons. The predicted octanol–water partition coefficient (Wildman–Crippen LogP) is 2.92. The number of carbonyl (C=O) groups excluding carboxylic acids is 1. The fraction of sp³-hybridized carbons (Fsp3) is 0.667. The zero-order chi connectivity index (χ0) is 17.5. The molecule has 2 aliphatic rings. The molecule has 25 heavy (non-hydrogen) atoms. The summed E-state index contributed by atoms with van der Waals surface area (Å²) in [6.45, 7) is 8.52. The number of amides is 1. The number of nitrogens with zero attached hydrogens (tertiary/aromatic N) is 1. The topological polar surface area (TPSA) is 44.4 Å². The van der Waals surface area contributed by atoms with Crippen molar-refractivity contribution in [2.75, 3.05) is 26.2 Å². The number of nitrogens with one attached hydrogen (secondary N) is 2. The van der Waals surface area contributed by atoms with Gasteiger partial charge in [0.15, 0.2) is 0 Å². The molecule has 1 amide bonds. The molecule has 2 unspecified atom stereocenters. The first kappa shape index (κ1) is 18.4. The van der Waals surface area contributed by atoms with Crippen LogP contribution in [0.5, 0.6) is 0 Å². The van der Waals surface area contributed by atoms with Gasteiger partial charge in [-0.2, -0.15) is 0 Å². The van der Waals surface area contributed by atoms with Gasteiger partial charge in [0.05, 0.1) is 0 Å². The van der Waals surface area contributed by atoms with Crippen LogP contribution < -0.4 is 10.6 Å². The zero-order valence-corrected chi connectivity index (χ0v) is 15.6. The Morgan fingerprint density at radius 1 is 1.28 bits per heavy atom. The fourth-order valence-corrected chi connectivity index (χ4v) is 4.13. The molecule has 2 aliphatic heterocycles. The van der Waals surface area contributed by atoms with E-state index in [1.807, 2.05) is 0 Å². The van der Waals surface area contributed by atoms with Gasteiger partial charge in [0.25, 0.3) is 0 Å². The molecule has 2 saturated heterocycles. The van der Waals surface area contributed by atoms with Crippen molar-refractivity contribution in [3.63, 3.8) is 0 Å². The number of hydrogen-bond donors (Lipinski definition) is 2. The molecule has 4 nitrogen and oxygen atoms in total. The Morgan fingerprint density at radius 2 is 2.08 bits per heavy atom. The van der Waals surface area contributed by atoms with Gasteiger partial charge < -0.3 is 10.6 Å². The molecule has 138 valence electrons. The van der Waals surface area contributed by atoms with E-state index < -0.39 is 0 Å². The van der Waals surface area contributed by atoms with Crippen LogP contribution in [-0.4, -0.2) is 37.0 Å². The standard InChI is InChI=1S/C21H33N3O/c1-17(20-8-5-9-22-15-20)12-21(25)23-14-18-6-4-7-19(13-18)16-24-10-2-3-11-24/h4,6-7,13,17,20,22H,2-3,5,8-12,14-16H2,1H3,(H,23,25). The summed E-state index contributed by atoms with van der Waals surface area (Å²) in [7, 11) is 0. The Balaban J connectivity index is 1.43. The molecule has 0 spiro atoms. The summed E-state index contributed by atoms with van der Waals surface area (Å²) in [5.74, 6) is 1.28. The third-order valence-electron chi connectivity index (χ3n) is 5.73. The normalized spacial score (nSPS) is 22.7. The van der Waals surface area contributed by atoms with Crippen LogP contribution in [-0.2, 0) is 17.9 Å². The van der Waals surface area contributed by atoms with Crippen molar-refractivity contribution in [3.8, 4) is 0 Å². The van der Waals surface area contributed by atoms with E-state index in [-0.39, 0.29) is 5.91 Å². The van der Waals surface area contributed by atoms with Crippen LogP contribution in [0.25, 0.3) is 0 Å². The number of carbonyl (C=O) groups is 1. The minimum Gasteiger partial charge on any atom is -0.352 e. The summed E-state index contributed by atoms with van der Waals surface area (Å²) in [5, 5.41) is 6.56. The third kappa shape index (κ3) is 5.82. The van der Waals surface area contributed by atoms with Crippen molar-refractivity contribution in [2.45, 2.75) is 52.1 Å². The summed E-state index contributed by atoms with van der Waals surface area (Å²) in [6, 6.07) is 8.67. The zero-order valence-electron chi connectivity index (χ0n) is 15.6. The lowest BCUT2D eigenvalue weighted by Crippen LogP contribution is -2.35. The Kier molecular flexibility index (Phi) is 6.88. The van der Waals surface area contributed by atoms with Crippen LogP contribution in [0.4, 0.5) is 0 Å². The number of benzene rings is 1. The van der Waals surface area contributed by atoms with Crippen LogP contribution in [0.15, 0.2) is 24.3 Å². The largest absolute Gasteiger partial charge is 0.352 e. The Labute approximate surface area is 152 Å².